The van der Waals surface area contributed by atoms with Gasteiger partial charge in [-0.05, 0) is 36.7 Å². The van der Waals surface area contributed by atoms with Gasteiger partial charge in [0.2, 0.25) is 0 Å². The summed E-state index contributed by atoms with van der Waals surface area (Å²) in [7, 11) is 0. The Labute approximate surface area is 105 Å². The Kier molecular flexibility index (Phi) is 5.59. The van der Waals surface area contributed by atoms with E-state index in [1.807, 2.05) is 12.4 Å². The summed E-state index contributed by atoms with van der Waals surface area (Å²) in [6.45, 7) is 9.42. The van der Waals surface area contributed by atoms with Gasteiger partial charge in [0.1, 0.15) is 0 Å². The van der Waals surface area contributed by atoms with Gasteiger partial charge < -0.3 is 11.1 Å². The van der Waals surface area contributed by atoms with Gasteiger partial charge in [0.15, 0.2) is 0 Å². The largest absolute Gasteiger partial charge is 0.330 e. The minimum absolute atomic E-state index is 0.135. The van der Waals surface area contributed by atoms with Gasteiger partial charge in [-0.2, -0.15) is 0 Å². The molecule has 0 aliphatic carbocycles. The summed E-state index contributed by atoms with van der Waals surface area (Å²) in [5.41, 5.74) is 7.15. The summed E-state index contributed by atoms with van der Waals surface area (Å²) in [6, 6.07) is 4.17. The zero-order valence-electron chi connectivity index (χ0n) is 11.2. The standard InChI is InChI=1S/C14H25N3/c1-4-12(9-15)10-17-11-14(2,3)13-5-7-16-8-6-13/h5-8,12,17H,4,9-11,15H2,1-3H3. The number of nitrogens with two attached hydrogens (primary N) is 1. The van der Waals surface area contributed by atoms with Gasteiger partial charge in [-0.25, -0.2) is 0 Å². The molecule has 0 radical (unpaired) electrons. The minimum atomic E-state index is 0.135. The average molecular weight is 235 g/mol. The highest BCUT2D eigenvalue weighted by Gasteiger charge is 2.20. The lowest BCUT2D eigenvalue weighted by Crippen LogP contribution is -2.37. The van der Waals surface area contributed by atoms with Crippen LogP contribution < -0.4 is 11.1 Å². The molecule has 0 aromatic carbocycles. The highest BCUT2D eigenvalue weighted by atomic mass is 14.9. The van der Waals surface area contributed by atoms with E-state index in [0.29, 0.717) is 5.92 Å². The van der Waals surface area contributed by atoms with Gasteiger partial charge >= 0.3 is 0 Å². The predicted molar refractivity (Wildman–Crippen MR) is 73.0 cm³/mol. The van der Waals surface area contributed by atoms with E-state index in [1.54, 1.807) is 0 Å². The molecule has 1 aromatic rings. The van der Waals surface area contributed by atoms with E-state index in [1.165, 1.54) is 5.56 Å². The van der Waals surface area contributed by atoms with E-state index in [0.717, 1.165) is 26.1 Å². The molecule has 0 fully saturated rings. The van der Waals surface area contributed by atoms with E-state index in [4.69, 9.17) is 5.73 Å². The monoisotopic (exact) mass is 235 g/mol. The molecule has 0 spiro atoms. The molecule has 0 aliphatic heterocycles. The van der Waals surface area contributed by atoms with Crippen LogP contribution in [0.2, 0.25) is 0 Å². The molecule has 1 heterocycles. The first-order chi connectivity index (χ1) is 8.10. The summed E-state index contributed by atoms with van der Waals surface area (Å²) in [5.74, 6) is 0.586. The van der Waals surface area contributed by atoms with Crippen molar-refractivity contribution in [2.24, 2.45) is 11.7 Å². The first-order valence-corrected chi connectivity index (χ1v) is 6.41. The molecule has 96 valence electrons. The van der Waals surface area contributed by atoms with Crippen LogP contribution in [-0.4, -0.2) is 24.6 Å². The zero-order chi connectivity index (χ0) is 12.7. The van der Waals surface area contributed by atoms with Crippen LogP contribution in [0.15, 0.2) is 24.5 Å². The fraction of sp³-hybridized carbons (Fsp3) is 0.643. The molecule has 1 rings (SSSR count). The van der Waals surface area contributed by atoms with Gasteiger partial charge in [0.25, 0.3) is 0 Å². The van der Waals surface area contributed by atoms with Crippen LogP contribution in [-0.2, 0) is 5.41 Å². The lowest BCUT2D eigenvalue weighted by atomic mass is 9.85. The van der Waals surface area contributed by atoms with Crippen molar-refractivity contribution in [3.05, 3.63) is 30.1 Å². The van der Waals surface area contributed by atoms with Crippen LogP contribution in [0.25, 0.3) is 0 Å². The molecule has 0 saturated carbocycles. The van der Waals surface area contributed by atoms with Gasteiger partial charge in [0.05, 0.1) is 0 Å². The molecule has 1 unspecified atom stereocenters. The maximum atomic E-state index is 5.70. The van der Waals surface area contributed by atoms with Crippen LogP contribution in [0.5, 0.6) is 0 Å². The van der Waals surface area contributed by atoms with Gasteiger partial charge in [-0.1, -0.05) is 27.2 Å². The molecular weight excluding hydrogens is 210 g/mol. The Morgan fingerprint density at radius 3 is 2.53 bits per heavy atom. The minimum Gasteiger partial charge on any atom is -0.330 e. The number of rotatable bonds is 7. The number of aromatic nitrogens is 1. The molecule has 0 bridgehead atoms. The third-order valence-electron chi connectivity index (χ3n) is 3.37. The second-order valence-electron chi connectivity index (χ2n) is 5.26. The fourth-order valence-corrected chi connectivity index (χ4v) is 1.89. The van der Waals surface area contributed by atoms with Crippen LogP contribution in [0.4, 0.5) is 0 Å². The highest BCUT2D eigenvalue weighted by Crippen LogP contribution is 2.21. The van der Waals surface area contributed by atoms with Crippen LogP contribution in [0.1, 0.15) is 32.8 Å². The van der Waals surface area contributed by atoms with Crippen molar-refractivity contribution in [3.8, 4) is 0 Å². The molecule has 1 aromatic heterocycles. The molecule has 3 heteroatoms. The number of hydrogen-bond acceptors (Lipinski definition) is 3. The molecule has 17 heavy (non-hydrogen) atoms. The number of pyridine rings is 1. The summed E-state index contributed by atoms with van der Waals surface area (Å²) in [5, 5.41) is 3.53. The van der Waals surface area contributed by atoms with E-state index < -0.39 is 0 Å². The molecular formula is C14H25N3. The Bertz CT molecular complexity index is 305. The average Bonchev–Trinajstić information content (AvgIpc) is 2.36. The van der Waals surface area contributed by atoms with Crippen molar-refractivity contribution in [3.63, 3.8) is 0 Å². The van der Waals surface area contributed by atoms with Crippen molar-refractivity contribution in [1.82, 2.24) is 10.3 Å². The molecule has 3 N–H and O–H groups in total. The van der Waals surface area contributed by atoms with Crippen molar-refractivity contribution in [1.29, 1.82) is 0 Å². The SMILES string of the molecule is CCC(CN)CNCC(C)(C)c1ccncc1. The van der Waals surface area contributed by atoms with Gasteiger partial charge in [-0.15, -0.1) is 0 Å². The van der Waals surface area contributed by atoms with E-state index in [9.17, 15) is 0 Å². The van der Waals surface area contributed by atoms with E-state index >= 15 is 0 Å². The summed E-state index contributed by atoms with van der Waals surface area (Å²) in [6.07, 6.45) is 4.84. The lowest BCUT2D eigenvalue weighted by Gasteiger charge is -2.26. The second-order valence-corrected chi connectivity index (χ2v) is 5.26. The van der Waals surface area contributed by atoms with Gasteiger partial charge in [-0.3, -0.25) is 4.98 Å². The first-order valence-electron chi connectivity index (χ1n) is 6.41. The quantitative estimate of drug-likeness (QED) is 0.759. The Balaban J connectivity index is 2.45. The molecule has 0 aliphatic rings. The smallest absolute Gasteiger partial charge is 0.0270 e. The van der Waals surface area contributed by atoms with Crippen LogP contribution >= 0.6 is 0 Å². The second kappa shape index (κ2) is 6.72. The maximum absolute atomic E-state index is 5.70. The van der Waals surface area contributed by atoms with Crippen molar-refractivity contribution in [2.75, 3.05) is 19.6 Å². The Morgan fingerprint density at radius 2 is 2.00 bits per heavy atom. The topological polar surface area (TPSA) is 50.9 Å². The van der Waals surface area contributed by atoms with Crippen molar-refractivity contribution >= 4 is 0 Å². The molecule has 0 amide bonds. The van der Waals surface area contributed by atoms with Crippen LogP contribution in [0, 0.1) is 5.92 Å². The van der Waals surface area contributed by atoms with Gasteiger partial charge in [0, 0.05) is 24.4 Å². The number of nitrogens with one attached hydrogen (secondary N) is 1. The molecule has 3 nitrogen and oxygen atoms in total. The third kappa shape index (κ3) is 4.44. The zero-order valence-corrected chi connectivity index (χ0v) is 11.2. The highest BCUT2D eigenvalue weighted by molar-refractivity contribution is 5.20. The molecule has 1 atom stereocenters. The normalized spacial score (nSPS) is 13.6. The summed E-state index contributed by atoms with van der Waals surface area (Å²) in [4.78, 5) is 4.06. The summed E-state index contributed by atoms with van der Waals surface area (Å²) >= 11 is 0. The fourth-order valence-electron chi connectivity index (χ4n) is 1.89. The van der Waals surface area contributed by atoms with E-state index in [-0.39, 0.29) is 5.41 Å². The number of hydrogen-bond donors (Lipinski definition) is 2. The predicted octanol–water partition coefficient (Wildman–Crippen LogP) is 1.93. The maximum Gasteiger partial charge on any atom is 0.0270 e. The molecule has 0 saturated heterocycles. The Morgan fingerprint density at radius 1 is 1.35 bits per heavy atom. The van der Waals surface area contributed by atoms with E-state index in [2.05, 4.69) is 43.2 Å². The Hall–Kier alpha value is -0.930. The third-order valence-corrected chi connectivity index (χ3v) is 3.37. The number of nitrogens with zero attached hydrogens (tertiary/aromatic N) is 1. The van der Waals surface area contributed by atoms with Crippen molar-refractivity contribution < 1.29 is 0 Å². The van der Waals surface area contributed by atoms with Crippen LogP contribution in [0.3, 0.4) is 0 Å². The lowest BCUT2D eigenvalue weighted by molar-refractivity contribution is 0.414. The summed E-state index contributed by atoms with van der Waals surface area (Å²) < 4.78 is 0. The first kappa shape index (κ1) is 14.1. The van der Waals surface area contributed by atoms with Crippen molar-refractivity contribution in [2.45, 2.75) is 32.6 Å².